The van der Waals surface area contributed by atoms with Gasteiger partial charge in [-0.3, -0.25) is 14.0 Å². The first-order chi connectivity index (χ1) is 16.4. The number of amides is 1. The van der Waals surface area contributed by atoms with Crippen molar-refractivity contribution >= 4 is 16.9 Å². The van der Waals surface area contributed by atoms with Crippen LogP contribution in [0.2, 0.25) is 0 Å². The molecule has 0 bridgehead atoms. The van der Waals surface area contributed by atoms with Crippen LogP contribution >= 0.6 is 0 Å². The Balaban J connectivity index is 1.52. The Hall–Kier alpha value is -3.85. The molecule has 34 heavy (non-hydrogen) atoms. The van der Waals surface area contributed by atoms with E-state index in [1.807, 2.05) is 49.1 Å². The molecule has 1 saturated heterocycles. The number of methoxy groups -OCH3 is 2. The maximum Gasteiger partial charge on any atom is 0.261 e. The van der Waals surface area contributed by atoms with E-state index in [1.165, 1.54) is 14.2 Å². The smallest absolute Gasteiger partial charge is 0.261 e. The number of rotatable bonds is 6. The fraction of sp³-hybridized carbons (Fsp3) is 0.320. The molecule has 0 saturated carbocycles. The highest BCUT2D eigenvalue weighted by Crippen LogP contribution is 2.37. The zero-order chi connectivity index (χ0) is 24.0. The zero-order valence-corrected chi connectivity index (χ0v) is 19.6. The first-order valence-electron chi connectivity index (χ1n) is 11.1. The normalized spacial score (nSPS) is 14.8. The average molecular weight is 462 g/mol. The third-order valence-electron chi connectivity index (χ3n) is 6.48. The van der Waals surface area contributed by atoms with Crippen molar-refractivity contribution in [1.82, 2.24) is 24.2 Å². The highest BCUT2D eigenvalue weighted by atomic mass is 16.5. The second kappa shape index (κ2) is 8.18. The number of aryl methyl sites for hydroxylation is 1. The lowest BCUT2D eigenvalue weighted by molar-refractivity contribution is -0.0827. The van der Waals surface area contributed by atoms with Crippen LogP contribution in [0.3, 0.4) is 0 Å². The van der Waals surface area contributed by atoms with Gasteiger partial charge in [0.2, 0.25) is 0 Å². The van der Waals surface area contributed by atoms with Gasteiger partial charge < -0.3 is 19.5 Å². The van der Waals surface area contributed by atoms with Gasteiger partial charge in [0, 0.05) is 30.9 Å². The van der Waals surface area contributed by atoms with E-state index in [4.69, 9.17) is 9.47 Å². The third-order valence-corrected chi connectivity index (χ3v) is 6.48. The van der Waals surface area contributed by atoms with Crippen LogP contribution in [-0.4, -0.2) is 68.2 Å². The summed E-state index contributed by atoms with van der Waals surface area (Å²) < 4.78 is 14.9. The van der Waals surface area contributed by atoms with E-state index < -0.39 is 5.60 Å². The van der Waals surface area contributed by atoms with Gasteiger partial charge in [0.05, 0.1) is 55.8 Å². The van der Waals surface area contributed by atoms with Gasteiger partial charge in [0.15, 0.2) is 0 Å². The van der Waals surface area contributed by atoms with Crippen LogP contribution in [-0.2, 0) is 7.05 Å². The van der Waals surface area contributed by atoms with Crippen LogP contribution in [0.1, 0.15) is 23.7 Å². The first kappa shape index (κ1) is 22.0. The summed E-state index contributed by atoms with van der Waals surface area (Å²) in [5.41, 5.74) is 4.08. The molecule has 9 heteroatoms. The van der Waals surface area contributed by atoms with Crippen LogP contribution in [0.25, 0.3) is 27.8 Å². The van der Waals surface area contributed by atoms with Crippen LogP contribution in [0.4, 0.5) is 0 Å². The van der Waals surface area contributed by atoms with E-state index in [0.29, 0.717) is 36.6 Å². The van der Waals surface area contributed by atoms with E-state index >= 15 is 0 Å². The van der Waals surface area contributed by atoms with E-state index in [2.05, 4.69) is 10.1 Å². The number of carbonyl (C=O) groups is 1. The van der Waals surface area contributed by atoms with E-state index in [-0.39, 0.29) is 5.91 Å². The Bertz CT molecular complexity index is 1360. The molecule has 1 N–H and O–H groups in total. The summed E-state index contributed by atoms with van der Waals surface area (Å²) in [6.07, 6.45) is 6.12. The lowest BCUT2D eigenvalue weighted by Crippen LogP contribution is -2.63. The number of aromatic nitrogens is 4. The van der Waals surface area contributed by atoms with Crippen LogP contribution in [0.15, 0.2) is 49.1 Å². The predicted octanol–water partition coefficient (Wildman–Crippen LogP) is 3.04. The van der Waals surface area contributed by atoms with Gasteiger partial charge in [-0.1, -0.05) is 13.0 Å². The van der Waals surface area contributed by atoms with Gasteiger partial charge in [0.25, 0.3) is 5.91 Å². The number of likely N-dealkylation sites (tertiary alicyclic amines) is 1. The molecule has 4 aromatic rings. The molecule has 3 heterocycles. The summed E-state index contributed by atoms with van der Waals surface area (Å²) in [4.78, 5) is 19.4. The van der Waals surface area contributed by atoms with E-state index in [1.54, 1.807) is 28.0 Å². The van der Waals surface area contributed by atoms with Crippen molar-refractivity contribution in [2.75, 3.05) is 27.3 Å². The average Bonchev–Trinajstić information content (AvgIpc) is 3.46. The molecule has 9 nitrogen and oxygen atoms in total. The third kappa shape index (κ3) is 3.58. The molecule has 2 aromatic carbocycles. The maximum absolute atomic E-state index is 13.2. The number of β-amino-alcohol motifs (C(OH)–C–C–N with tert-alkyl or cyclic N) is 1. The molecule has 1 aliphatic heterocycles. The molecule has 1 aliphatic rings. The molecule has 1 fully saturated rings. The van der Waals surface area contributed by atoms with Crippen LogP contribution in [0, 0.1) is 0 Å². The first-order valence-corrected chi connectivity index (χ1v) is 11.1. The Morgan fingerprint density at radius 2 is 1.82 bits per heavy atom. The molecule has 0 atom stereocenters. The minimum absolute atomic E-state index is 0.227. The summed E-state index contributed by atoms with van der Waals surface area (Å²) in [5.74, 6) is 0.579. The standard InChI is InChI=1S/C25H27N5O4/c1-5-25(32)13-29(14-25)24(31)23-21(33-3)9-18(10-22(23)34-4)30-15-26-19-8-16(6-7-20(19)30)17-11-27-28(2)12-17/h6-12,15,32H,5,13-14H2,1-4H3. The minimum atomic E-state index is -0.819. The van der Waals surface area contributed by atoms with Crippen molar-refractivity contribution in [2.45, 2.75) is 18.9 Å². The number of carbonyl (C=O) groups excluding carboxylic acids is 1. The topological polar surface area (TPSA) is 94.6 Å². The van der Waals surface area contributed by atoms with Gasteiger partial charge in [0.1, 0.15) is 23.4 Å². The second-order valence-corrected chi connectivity index (χ2v) is 8.69. The van der Waals surface area contributed by atoms with E-state index in [9.17, 15) is 9.90 Å². The van der Waals surface area contributed by atoms with Gasteiger partial charge in [-0.15, -0.1) is 0 Å². The number of hydrogen-bond acceptors (Lipinski definition) is 6. The summed E-state index contributed by atoms with van der Waals surface area (Å²) in [6, 6.07) is 9.67. The summed E-state index contributed by atoms with van der Waals surface area (Å²) in [7, 11) is 4.94. The lowest BCUT2D eigenvalue weighted by Gasteiger charge is -2.46. The maximum atomic E-state index is 13.2. The molecule has 0 radical (unpaired) electrons. The second-order valence-electron chi connectivity index (χ2n) is 8.69. The number of benzene rings is 2. The quantitative estimate of drug-likeness (QED) is 0.474. The number of fused-ring (bicyclic) bond motifs is 1. The van der Waals surface area contributed by atoms with Crippen molar-refractivity contribution in [2.24, 2.45) is 7.05 Å². The van der Waals surface area contributed by atoms with Crippen LogP contribution in [0.5, 0.6) is 11.5 Å². The Morgan fingerprint density at radius 1 is 1.12 bits per heavy atom. The van der Waals surface area contributed by atoms with Crippen molar-refractivity contribution in [3.8, 4) is 28.3 Å². The molecule has 2 aromatic heterocycles. The van der Waals surface area contributed by atoms with Gasteiger partial charge in [-0.05, 0) is 24.1 Å². The van der Waals surface area contributed by atoms with Crippen molar-refractivity contribution in [1.29, 1.82) is 0 Å². The molecule has 1 amide bonds. The summed E-state index contributed by atoms with van der Waals surface area (Å²) in [5, 5.41) is 14.6. The molecule has 176 valence electrons. The Kier molecular flexibility index (Phi) is 5.28. The number of imidazole rings is 1. The lowest BCUT2D eigenvalue weighted by atomic mass is 9.90. The highest BCUT2D eigenvalue weighted by Gasteiger charge is 2.43. The fourth-order valence-electron chi connectivity index (χ4n) is 4.41. The molecular weight excluding hydrogens is 434 g/mol. The van der Waals surface area contributed by atoms with Gasteiger partial charge >= 0.3 is 0 Å². The van der Waals surface area contributed by atoms with E-state index in [0.717, 1.165) is 27.8 Å². The number of nitrogens with zero attached hydrogens (tertiary/aromatic N) is 5. The molecule has 0 spiro atoms. The molecule has 5 rings (SSSR count). The molecule has 0 aliphatic carbocycles. The van der Waals surface area contributed by atoms with Crippen molar-refractivity contribution in [3.63, 3.8) is 0 Å². The highest BCUT2D eigenvalue weighted by molar-refractivity contribution is 6.01. The summed E-state index contributed by atoms with van der Waals surface area (Å²) in [6.45, 7) is 2.50. The van der Waals surface area contributed by atoms with Crippen LogP contribution < -0.4 is 9.47 Å². The zero-order valence-electron chi connectivity index (χ0n) is 19.6. The monoisotopic (exact) mass is 461 g/mol. The van der Waals surface area contributed by atoms with Crippen molar-refractivity contribution < 1.29 is 19.4 Å². The van der Waals surface area contributed by atoms with Gasteiger partial charge in [-0.2, -0.15) is 5.10 Å². The number of hydrogen-bond donors (Lipinski definition) is 1. The SMILES string of the molecule is CCC1(O)CN(C(=O)c2c(OC)cc(-n3cnc4cc(-c5cnn(C)c5)ccc43)cc2OC)C1. The Morgan fingerprint density at radius 3 is 2.41 bits per heavy atom. The Labute approximate surface area is 197 Å². The van der Waals surface area contributed by atoms with Gasteiger partial charge in [-0.25, -0.2) is 4.98 Å². The minimum Gasteiger partial charge on any atom is -0.496 e. The van der Waals surface area contributed by atoms with Crippen molar-refractivity contribution in [3.05, 3.63) is 54.6 Å². The number of aliphatic hydroxyl groups is 1. The molecular formula is C25H27N5O4. The molecule has 0 unspecified atom stereocenters. The predicted molar refractivity (Wildman–Crippen MR) is 128 cm³/mol. The summed E-state index contributed by atoms with van der Waals surface area (Å²) >= 11 is 0. The fourth-order valence-corrected chi connectivity index (χ4v) is 4.41. The number of ether oxygens (including phenoxy) is 2. The largest absolute Gasteiger partial charge is 0.496 e.